The lowest BCUT2D eigenvalue weighted by Crippen LogP contribution is -2.23. The highest BCUT2D eigenvalue weighted by molar-refractivity contribution is 9.08. The standard InChI is InChI=1S/C14H15BrFNS/c1-10(13-7-4-8-18-13)17(2)14-11(9-15)5-3-6-12(14)16/h3-8,10H,9H2,1-2H3. The Bertz CT molecular complexity index is 513. The van der Waals surface area contributed by atoms with E-state index in [0.717, 1.165) is 5.56 Å². The summed E-state index contributed by atoms with van der Waals surface area (Å²) in [6, 6.07) is 9.49. The van der Waals surface area contributed by atoms with E-state index >= 15 is 0 Å². The van der Waals surface area contributed by atoms with Crippen molar-refractivity contribution in [3.63, 3.8) is 0 Å². The molecule has 1 aromatic carbocycles. The van der Waals surface area contributed by atoms with Crippen LogP contribution in [0.25, 0.3) is 0 Å². The SMILES string of the molecule is CC(c1cccs1)N(C)c1c(F)cccc1CBr. The van der Waals surface area contributed by atoms with Crippen LogP contribution in [-0.4, -0.2) is 7.05 Å². The maximum Gasteiger partial charge on any atom is 0.146 e. The van der Waals surface area contributed by atoms with Crippen molar-refractivity contribution in [2.24, 2.45) is 0 Å². The van der Waals surface area contributed by atoms with Gasteiger partial charge in [-0.3, -0.25) is 0 Å². The van der Waals surface area contributed by atoms with Crippen molar-refractivity contribution < 1.29 is 4.39 Å². The van der Waals surface area contributed by atoms with Crippen LogP contribution < -0.4 is 4.90 Å². The van der Waals surface area contributed by atoms with Gasteiger partial charge < -0.3 is 4.90 Å². The number of hydrogen-bond donors (Lipinski definition) is 0. The summed E-state index contributed by atoms with van der Waals surface area (Å²) in [5.41, 5.74) is 1.65. The van der Waals surface area contributed by atoms with Crippen molar-refractivity contribution in [1.29, 1.82) is 0 Å². The second-order valence-electron chi connectivity index (χ2n) is 4.18. The summed E-state index contributed by atoms with van der Waals surface area (Å²) >= 11 is 5.12. The maximum absolute atomic E-state index is 14.0. The lowest BCUT2D eigenvalue weighted by atomic mass is 10.1. The predicted molar refractivity (Wildman–Crippen MR) is 80.2 cm³/mol. The molecule has 0 saturated heterocycles. The smallest absolute Gasteiger partial charge is 0.146 e. The van der Waals surface area contributed by atoms with Crippen molar-refractivity contribution in [2.75, 3.05) is 11.9 Å². The zero-order valence-electron chi connectivity index (χ0n) is 10.4. The molecule has 18 heavy (non-hydrogen) atoms. The van der Waals surface area contributed by atoms with Gasteiger partial charge in [0.15, 0.2) is 0 Å². The molecular formula is C14H15BrFNS. The van der Waals surface area contributed by atoms with Crippen LogP contribution in [0.5, 0.6) is 0 Å². The molecule has 0 saturated carbocycles. The van der Waals surface area contributed by atoms with Crippen molar-refractivity contribution in [3.8, 4) is 0 Å². The molecule has 0 radical (unpaired) electrons. The number of alkyl halides is 1. The van der Waals surface area contributed by atoms with Crippen molar-refractivity contribution in [1.82, 2.24) is 0 Å². The molecule has 0 amide bonds. The molecule has 1 atom stereocenters. The highest BCUT2D eigenvalue weighted by atomic mass is 79.9. The predicted octanol–water partition coefficient (Wildman–Crippen LogP) is 4.98. The number of benzene rings is 1. The number of rotatable bonds is 4. The van der Waals surface area contributed by atoms with Crippen molar-refractivity contribution in [2.45, 2.75) is 18.3 Å². The van der Waals surface area contributed by atoms with Gasteiger partial charge >= 0.3 is 0 Å². The van der Waals surface area contributed by atoms with Gasteiger partial charge in [-0.05, 0) is 30.0 Å². The van der Waals surface area contributed by atoms with E-state index in [-0.39, 0.29) is 11.9 Å². The normalized spacial score (nSPS) is 12.4. The minimum absolute atomic E-state index is 0.166. The fourth-order valence-corrected chi connectivity index (χ4v) is 3.26. The van der Waals surface area contributed by atoms with Gasteiger partial charge in [-0.1, -0.05) is 34.1 Å². The summed E-state index contributed by atoms with van der Waals surface area (Å²) in [7, 11) is 1.94. The van der Waals surface area contributed by atoms with E-state index < -0.39 is 0 Å². The Hall–Kier alpha value is -0.870. The molecule has 0 fully saturated rings. The Kier molecular flexibility index (Phi) is 4.40. The molecule has 1 nitrogen and oxygen atoms in total. The fraction of sp³-hybridized carbons (Fsp3) is 0.286. The summed E-state index contributed by atoms with van der Waals surface area (Å²) in [5.74, 6) is -0.169. The van der Waals surface area contributed by atoms with E-state index in [9.17, 15) is 4.39 Å². The number of anilines is 1. The number of para-hydroxylation sites is 1. The average molecular weight is 328 g/mol. The first-order valence-electron chi connectivity index (χ1n) is 5.74. The van der Waals surface area contributed by atoms with E-state index in [2.05, 4.69) is 28.9 Å². The summed E-state index contributed by atoms with van der Waals surface area (Å²) in [6.07, 6.45) is 0. The topological polar surface area (TPSA) is 3.24 Å². The Morgan fingerprint density at radius 2 is 2.11 bits per heavy atom. The largest absolute Gasteiger partial charge is 0.364 e. The molecule has 2 aromatic rings. The third-order valence-corrected chi connectivity index (χ3v) is 4.75. The van der Waals surface area contributed by atoms with Crippen LogP contribution in [0.1, 0.15) is 23.4 Å². The molecule has 1 aromatic heterocycles. The number of halogens is 2. The van der Waals surface area contributed by atoms with Crippen LogP contribution >= 0.6 is 27.3 Å². The van der Waals surface area contributed by atoms with Crippen LogP contribution in [0.2, 0.25) is 0 Å². The summed E-state index contributed by atoms with van der Waals surface area (Å²) < 4.78 is 14.0. The molecule has 0 spiro atoms. The van der Waals surface area contributed by atoms with E-state index in [1.807, 2.05) is 29.5 Å². The highest BCUT2D eigenvalue weighted by Gasteiger charge is 2.18. The Labute approximate surface area is 119 Å². The molecule has 2 rings (SSSR count). The van der Waals surface area contributed by atoms with Crippen LogP contribution in [0.15, 0.2) is 35.7 Å². The number of thiophene rings is 1. The third kappa shape index (κ3) is 2.59. The van der Waals surface area contributed by atoms with E-state index in [4.69, 9.17) is 0 Å². The van der Waals surface area contributed by atoms with Gasteiger partial charge in [0.05, 0.1) is 11.7 Å². The van der Waals surface area contributed by atoms with Crippen LogP contribution in [0.4, 0.5) is 10.1 Å². The van der Waals surface area contributed by atoms with Gasteiger partial charge in [-0.2, -0.15) is 0 Å². The molecule has 0 aliphatic rings. The van der Waals surface area contributed by atoms with E-state index in [0.29, 0.717) is 11.0 Å². The monoisotopic (exact) mass is 327 g/mol. The third-order valence-electron chi connectivity index (χ3n) is 3.10. The average Bonchev–Trinajstić information content (AvgIpc) is 2.90. The molecule has 1 heterocycles. The lowest BCUT2D eigenvalue weighted by Gasteiger charge is -2.28. The molecule has 0 bridgehead atoms. The first-order chi connectivity index (χ1) is 8.65. The lowest BCUT2D eigenvalue weighted by molar-refractivity contribution is 0.611. The van der Waals surface area contributed by atoms with Crippen molar-refractivity contribution in [3.05, 3.63) is 52.0 Å². The highest BCUT2D eigenvalue weighted by Crippen LogP contribution is 2.33. The van der Waals surface area contributed by atoms with Gasteiger partial charge in [0.1, 0.15) is 5.82 Å². The van der Waals surface area contributed by atoms with Gasteiger partial charge in [0.2, 0.25) is 0 Å². The minimum Gasteiger partial charge on any atom is -0.364 e. The number of hydrogen-bond acceptors (Lipinski definition) is 2. The van der Waals surface area contributed by atoms with E-state index in [1.54, 1.807) is 17.4 Å². The van der Waals surface area contributed by atoms with Gasteiger partial charge in [0.25, 0.3) is 0 Å². The molecule has 1 unspecified atom stereocenters. The second-order valence-corrected chi connectivity index (χ2v) is 5.72. The quantitative estimate of drug-likeness (QED) is 0.716. The van der Waals surface area contributed by atoms with E-state index in [1.165, 1.54) is 10.9 Å². The second kappa shape index (κ2) is 5.85. The van der Waals surface area contributed by atoms with Gasteiger partial charge in [-0.15, -0.1) is 11.3 Å². The Morgan fingerprint density at radius 3 is 2.72 bits per heavy atom. The molecule has 0 N–H and O–H groups in total. The van der Waals surface area contributed by atoms with Crippen molar-refractivity contribution >= 4 is 33.0 Å². The fourth-order valence-electron chi connectivity index (χ4n) is 1.98. The van der Waals surface area contributed by atoms with Crippen LogP contribution in [-0.2, 0) is 5.33 Å². The summed E-state index contributed by atoms with van der Waals surface area (Å²) in [6.45, 7) is 2.09. The summed E-state index contributed by atoms with van der Waals surface area (Å²) in [5, 5.41) is 2.70. The van der Waals surface area contributed by atoms with Crippen LogP contribution in [0, 0.1) is 5.82 Å². The van der Waals surface area contributed by atoms with Gasteiger partial charge in [-0.25, -0.2) is 4.39 Å². The Morgan fingerprint density at radius 1 is 1.33 bits per heavy atom. The molecular weight excluding hydrogens is 313 g/mol. The molecule has 0 aliphatic carbocycles. The zero-order valence-corrected chi connectivity index (χ0v) is 12.8. The zero-order chi connectivity index (χ0) is 13.1. The number of nitrogens with zero attached hydrogens (tertiary/aromatic N) is 1. The van der Waals surface area contributed by atoms with Gasteiger partial charge in [0, 0.05) is 17.3 Å². The maximum atomic E-state index is 14.0. The Balaban J connectivity index is 2.36. The minimum atomic E-state index is -0.169. The molecule has 4 heteroatoms. The summed E-state index contributed by atoms with van der Waals surface area (Å²) in [4.78, 5) is 3.24. The molecule has 96 valence electrons. The first kappa shape index (κ1) is 13.6. The first-order valence-corrected chi connectivity index (χ1v) is 7.75. The van der Waals surface area contributed by atoms with Crippen LogP contribution in [0.3, 0.4) is 0 Å². The molecule has 0 aliphatic heterocycles.